The van der Waals surface area contributed by atoms with Crippen molar-refractivity contribution in [2.24, 2.45) is 5.73 Å². The van der Waals surface area contributed by atoms with Crippen molar-refractivity contribution in [3.05, 3.63) is 0 Å². The van der Waals surface area contributed by atoms with Crippen LogP contribution in [0.25, 0.3) is 0 Å². The molecule has 12 heavy (non-hydrogen) atoms. The number of hydrogen-bond donors (Lipinski definition) is 2. The Morgan fingerprint density at radius 2 is 2.25 bits per heavy atom. The fourth-order valence-electron chi connectivity index (χ4n) is 0.775. The van der Waals surface area contributed by atoms with Crippen molar-refractivity contribution in [1.82, 2.24) is 0 Å². The van der Waals surface area contributed by atoms with Gasteiger partial charge in [0.1, 0.15) is 6.04 Å². The topological polar surface area (TPSA) is 63.3 Å². The minimum Gasteiger partial charge on any atom is -0.480 e. The highest BCUT2D eigenvalue weighted by Gasteiger charge is 2.09. The predicted molar refractivity (Wildman–Crippen MR) is 52.5 cm³/mol. The molecule has 0 fully saturated rings. The zero-order valence-electron chi connectivity index (χ0n) is 7.45. The van der Waals surface area contributed by atoms with Gasteiger partial charge in [0.2, 0.25) is 0 Å². The summed E-state index contributed by atoms with van der Waals surface area (Å²) >= 11 is 1.86. The molecule has 1 unspecified atom stereocenters. The van der Waals surface area contributed by atoms with Crippen molar-refractivity contribution in [3.63, 3.8) is 0 Å². The standard InChI is InChI=1S/C8H17NO2S/c1-2-5-12-6-3-4-7(9)8(10)11/h7H,2-6,9H2,1H3,(H,10,11). The van der Waals surface area contributed by atoms with Crippen molar-refractivity contribution in [1.29, 1.82) is 0 Å². The molecule has 0 amide bonds. The number of aliphatic carboxylic acids is 1. The molecule has 0 rings (SSSR count). The van der Waals surface area contributed by atoms with E-state index in [1.165, 1.54) is 6.42 Å². The second-order valence-electron chi connectivity index (χ2n) is 2.70. The van der Waals surface area contributed by atoms with Crippen molar-refractivity contribution < 1.29 is 9.90 Å². The zero-order valence-corrected chi connectivity index (χ0v) is 8.27. The molecule has 3 N–H and O–H groups in total. The minimum absolute atomic E-state index is 0.589. The molecule has 0 heterocycles. The summed E-state index contributed by atoms with van der Waals surface area (Å²) < 4.78 is 0. The lowest BCUT2D eigenvalue weighted by molar-refractivity contribution is -0.138. The Morgan fingerprint density at radius 1 is 1.58 bits per heavy atom. The van der Waals surface area contributed by atoms with Crippen molar-refractivity contribution >= 4 is 17.7 Å². The van der Waals surface area contributed by atoms with E-state index in [-0.39, 0.29) is 0 Å². The summed E-state index contributed by atoms with van der Waals surface area (Å²) in [6, 6.07) is -0.674. The Morgan fingerprint density at radius 3 is 2.75 bits per heavy atom. The second kappa shape index (κ2) is 7.43. The van der Waals surface area contributed by atoms with Crippen LogP contribution < -0.4 is 5.73 Å². The van der Waals surface area contributed by atoms with E-state index in [2.05, 4.69) is 6.92 Å². The molecule has 0 aliphatic heterocycles. The molecule has 0 spiro atoms. The first-order valence-corrected chi connectivity index (χ1v) is 5.40. The third-order valence-electron chi connectivity index (χ3n) is 1.47. The summed E-state index contributed by atoms with van der Waals surface area (Å²) in [6.45, 7) is 2.13. The van der Waals surface area contributed by atoms with Crippen LogP contribution in [-0.4, -0.2) is 28.6 Å². The molecule has 0 saturated carbocycles. The van der Waals surface area contributed by atoms with Crippen LogP contribution in [0.4, 0.5) is 0 Å². The maximum atomic E-state index is 10.3. The molecule has 0 aliphatic rings. The van der Waals surface area contributed by atoms with Crippen LogP contribution in [0.15, 0.2) is 0 Å². The first-order chi connectivity index (χ1) is 5.68. The molecule has 72 valence electrons. The van der Waals surface area contributed by atoms with Crippen molar-refractivity contribution in [2.75, 3.05) is 11.5 Å². The normalized spacial score (nSPS) is 12.8. The first kappa shape index (κ1) is 11.8. The van der Waals surface area contributed by atoms with Crippen LogP contribution in [0.2, 0.25) is 0 Å². The summed E-state index contributed by atoms with van der Waals surface area (Å²) in [5, 5.41) is 8.45. The SMILES string of the molecule is CCCSCCCC(N)C(=O)O. The van der Waals surface area contributed by atoms with E-state index in [0.29, 0.717) is 6.42 Å². The van der Waals surface area contributed by atoms with E-state index >= 15 is 0 Å². The number of carboxylic acids is 1. The summed E-state index contributed by atoms with van der Waals surface area (Å²) in [5.74, 6) is 1.28. The van der Waals surface area contributed by atoms with E-state index in [0.717, 1.165) is 17.9 Å². The Balaban J connectivity index is 3.14. The van der Waals surface area contributed by atoms with Gasteiger partial charge >= 0.3 is 5.97 Å². The smallest absolute Gasteiger partial charge is 0.320 e. The van der Waals surface area contributed by atoms with Gasteiger partial charge in [0, 0.05) is 0 Å². The second-order valence-corrected chi connectivity index (χ2v) is 3.92. The van der Waals surface area contributed by atoms with Crippen molar-refractivity contribution in [3.8, 4) is 0 Å². The van der Waals surface area contributed by atoms with Crippen LogP contribution in [0.3, 0.4) is 0 Å². The van der Waals surface area contributed by atoms with E-state index in [4.69, 9.17) is 10.8 Å². The number of carbonyl (C=O) groups is 1. The Kier molecular flexibility index (Phi) is 7.29. The van der Waals surface area contributed by atoms with Gasteiger partial charge in [0.05, 0.1) is 0 Å². The number of thioether (sulfide) groups is 1. The molecule has 0 aromatic carbocycles. The quantitative estimate of drug-likeness (QED) is 0.596. The molecule has 0 saturated heterocycles. The predicted octanol–water partition coefficient (Wildman–Crippen LogP) is 1.32. The number of hydrogen-bond acceptors (Lipinski definition) is 3. The van der Waals surface area contributed by atoms with Gasteiger partial charge in [0.25, 0.3) is 0 Å². The highest BCUT2D eigenvalue weighted by atomic mass is 32.2. The minimum atomic E-state index is -0.893. The molecule has 0 aromatic rings. The Labute approximate surface area is 77.7 Å². The van der Waals surface area contributed by atoms with E-state index < -0.39 is 12.0 Å². The van der Waals surface area contributed by atoms with Crippen LogP contribution in [-0.2, 0) is 4.79 Å². The zero-order chi connectivity index (χ0) is 9.40. The fourth-order valence-corrected chi connectivity index (χ4v) is 1.64. The average Bonchev–Trinajstić information content (AvgIpc) is 2.03. The van der Waals surface area contributed by atoms with Crippen LogP contribution in [0, 0.1) is 0 Å². The maximum Gasteiger partial charge on any atom is 0.320 e. The van der Waals surface area contributed by atoms with E-state index in [9.17, 15) is 4.79 Å². The molecule has 1 atom stereocenters. The summed E-state index contributed by atoms with van der Waals surface area (Å²) in [6.07, 6.45) is 2.67. The third-order valence-corrected chi connectivity index (χ3v) is 2.74. The summed E-state index contributed by atoms with van der Waals surface area (Å²) in [4.78, 5) is 10.3. The van der Waals surface area contributed by atoms with Gasteiger partial charge in [-0.1, -0.05) is 6.92 Å². The van der Waals surface area contributed by atoms with Crippen LogP contribution in [0.1, 0.15) is 26.2 Å². The van der Waals surface area contributed by atoms with Gasteiger partial charge < -0.3 is 10.8 Å². The lowest BCUT2D eigenvalue weighted by Gasteiger charge is -2.04. The lowest BCUT2D eigenvalue weighted by atomic mass is 10.2. The highest BCUT2D eigenvalue weighted by Crippen LogP contribution is 2.06. The molecule has 0 radical (unpaired) electrons. The fraction of sp³-hybridized carbons (Fsp3) is 0.875. The molecule has 3 nitrogen and oxygen atoms in total. The van der Waals surface area contributed by atoms with Gasteiger partial charge in [0.15, 0.2) is 0 Å². The largest absolute Gasteiger partial charge is 0.480 e. The van der Waals surface area contributed by atoms with E-state index in [1.54, 1.807) is 0 Å². The van der Waals surface area contributed by atoms with Gasteiger partial charge in [-0.2, -0.15) is 11.8 Å². The Bertz CT molecular complexity index is 130. The summed E-state index contributed by atoms with van der Waals surface area (Å²) in [7, 11) is 0. The van der Waals surface area contributed by atoms with Crippen LogP contribution in [0.5, 0.6) is 0 Å². The molecule has 4 heteroatoms. The average molecular weight is 191 g/mol. The Hall–Kier alpha value is -0.220. The molecule has 0 aliphatic carbocycles. The maximum absolute atomic E-state index is 10.3. The van der Waals surface area contributed by atoms with E-state index in [1.807, 2.05) is 11.8 Å². The number of nitrogens with two attached hydrogens (primary N) is 1. The third kappa shape index (κ3) is 6.49. The number of carboxylic acid groups (broad SMARTS) is 1. The first-order valence-electron chi connectivity index (χ1n) is 4.24. The lowest BCUT2D eigenvalue weighted by Crippen LogP contribution is -2.29. The number of rotatable bonds is 7. The molecule has 0 aromatic heterocycles. The molecule has 0 bridgehead atoms. The van der Waals surface area contributed by atoms with Gasteiger partial charge in [-0.15, -0.1) is 0 Å². The summed E-state index contributed by atoms with van der Waals surface area (Å²) in [5.41, 5.74) is 5.32. The molecular weight excluding hydrogens is 174 g/mol. The van der Waals surface area contributed by atoms with Gasteiger partial charge in [-0.05, 0) is 30.8 Å². The van der Waals surface area contributed by atoms with Gasteiger partial charge in [-0.3, -0.25) is 4.79 Å². The highest BCUT2D eigenvalue weighted by molar-refractivity contribution is 7.99. The monoisotopic (exact) mass is 191 g/mol. The van der Waals surface area contributed by atoms with Crippen molar-refractivity contribution in [2.45, 2.75) is 32.2 Å². The van der Waals surface area contributed by atoms with Crippen LogP contribution >= 0.6 is 11.8 Å². The van der Waals surface area contributed by atoms with Gasteiger partial charge in [-0.25, -0.2) is 0 Å². The molecular formula is C8H17NO2S.